The van der Waals surface area contributed by atoms with Crippen molar-refractivity contribution >= 4 is 40.2 Å². The highest BCUT2D eigenvalue weighted by Gasteiger charge is 2.14. The van der Waals surface area contributed by atoms with Crippen LogP contribution in [0.3, 0.4) is 0 Å². The Morgan fingerprint density at radius 1 is 1.21 bits per heavy atom. The summed E-state index contributed by atoms with van der Waals surface area (Å²) in [5.41, 5.74) is 7.78. The Bertz CT molecular complexity index is 955. The summed E-state index contributed by atoms with van der Waals surface area (Å²) >= 11 is 1.16. The van der Waals surface area contributed by atoms with Crippen LogP contribution in [0, 0.1) is 12.3 Å². The van der Waals surface area contributed by atoms with Gasteiger partial charge < -0.3 is 5.73 Å². The molecule has 7 heteroatoms. The van der Waals surface area contributed by atoms with Gasteiger partial charge in [0.05, 0.1) is 22.3 Å². The minimum absolute atomic E-state index is 0. The standard InChI is InChI=1S/C17H16N4OS.ClH/c1-11-6-2-5-9-14(11)21-15(10-23-17(18)19)20-13-8-4-3-7-12(13)16(21)22;/h2-9H,10H2,1H3,(H3,18,19);1H. The Balaban J connectivity index is 0.00000208. The van der Waals surface area contributed by atoms with E-state index in [1.165, 1.54) is 0 Å². The Labute approximate surface area is 149 Å². The molecule has 3 aromatic rings. The van der Waals surface area contributed by atoms with Crippen LogP contribution >= 0.6 is 24.2 Å². The van der Waals surface area contributed by atoms with E-state index in [-0.39, 0.29) is 23.1 Å². The van der Waals surface area contributed by atoms with Gasteiger partial charge in [-0.15, -0.1) is 12.4 Å². The fourth-order valence-electron chi connectivity index (χ4n) is 2.48. The van der Waals surface area contributed by atoms with E-state index in [1.807, 2.05) is 49.4 Å². The van der Waals surface area contributed by atoms with Gasteiger partial charge in [-0.1, -0.05) is 42.1 Å². The number of halogens is 1. The van der Waals surface area contributed by atoms with Gasteiger partial charge in [-0.2, -0.15) is 0 Å². The van der Waals surface area contributed by atoms with Gasteiger partial charge >= 0.3 is 0 Å². The molecular formula is C17H17ClN4OS. The summed E-state index contributed by atoms with van der Waals surface area (Å²) in [5, 5.41) is 7.98. The van der Waals surface area contributed by atoms with Gasteiger partial charge in [-0.05, 0) is 30.7 Å². The number of nitrogens with one attached hydrogen (secondary N) is 1. The van der Waals surface area contributed by atoms with Crippen molar-refractivity contribution in [2.75, 3.05) is 0 Å². The molecule has 0 saturated heterocycles. The summed E-state index contributed by atoms with van der Waals surface area (Å²) in [7, 11) is 0. The van der Waals surface area contributed by atoms with Crippen molar-refractivity contribution in [1.82, 2.24) is 9.55 Å². The highest BCUT2D eigenvalue weighted by Crippen LogP contribution is 2.19. The van der Waals surface area contributed by atoms with Crippen LogP contribution in [0.4, 0.5) is 0 Å². The van der Waals surface area contributed by atoms with Gasteiger partial charge in [0.2, 0.25) is 0 Å². The van der Waals surface area contributed by atoms with Gasteiger partial charge in [-0.25, -0.2) is 4.98 Å². The van der Waals surface area contributed by atoms with Crippen LogP contribution in [0.2, 0.25) is 0 Å². The van der Waals surface area contributed by atoms with Crippen molar-refractivity contribution in [2.45, 2.75) is 12.7 Å². The second kappa shape index (κ2) is 7.51. The Kier molecular flexibility index (Phi) is 5.64. The normalized spacial score (nSPS) is 10.4. The number of nitrogens with two attached hydrogens (primary N) is 1. The monoisotopic (exact) mass is 360 g/mol. The highest BCUT2D eigenvalue weighted by molar-refractivity contribution is 8.13. The first-order valence-corrected chi connectivity index (χ1v) is 8.10. The molecule has 0 radical (unpaired) electrons. The maximum atomic E-state index is 13.0. The summed E-state index contributed by atoms with van der Waals surface area (Å²) in [5.74, 6) is 0.951. The smallest absolute Gasteiger partial charge is 0.265 e. The van der Waals surface area contributed by atoms with Crippen LogP contribution in [0.1, 0.15) is 11.4 Å². The number of thioether (sulfide) groups is 1. The molecule has 0 fully saturated rings. The fourth-order valence-corrected chi connectivity index (χ4v) is 2.96. The average Bonchev–Trinajstić information content (AvgIpc) is 2.54. The van der Waals surface area contributed by atoms with Crippen molar-refractivity contribution in [3.05, 3.63) is 70.3 Å². The van der Waals surface area contributed by atoms with E-state index in [1.54, 1.807) is 10.6 Å². The summed E-state index contributed by atoms with van der Waals surface area (Å²) in [6.45, 7) is 1.96. The zero-order valence-corrected chi connectivity index (χ0v) is 14.7. The predicted octanol–water partition coefficient (Wildman–Crippen LogP) is 3.24. The number of aryl methyl sites for hydroxylation is 1. The number of benzene rings is 2. The van der Waals surface area contributed by atoms with Crippen molar-refractivity contribution in [1.29, 1.82) is 5.41 Å². The van der Waals surface area contributed by atoms with Crippen LogP contribution < -0.4 is 11.3 Å². The molecule has 3 rings (SSSR count). The number of nitrogens with zero attached hydrogens (tertiary/aromatic N) is 2. The zero-order valence-electron chi connectivity index (χ0n) is 13.0. The molecule has 1 heterocycles. The molecule has 0 atom stereocenters. The molecule has 0 aliphatic heterocycles. The van der Waals surface area contributed by atoms with E-state index in [2.05, 4.69) is 4.98 Å². The number of para-hydroxylation sites is 2. The molecular weight excluding hydrogens is 344 g/mol. The lowest BCUT2D eigenvalue weighted by Crippen LogP contribution is -2.24. The zero-order chi connectivity index (χ0) is 16.4. The predicted molar refractivity (Wildman–Crippen MR) is 103 cm³/mol. The van der Waals surface area contributed by atoms with Gasteiger partial charge in [0, 0.05) is 0 Å². The summed E-state index contributed by atoms with van der Waals surface area (Å²) < 4.78 is 1.62. The first-order chi connectivity index (χ1) is 11.1. The molecule has 0 bridgehead atoms. The van der Waals surface area contributed by atoms with E-state index in [0.717, 1.165) is 23.0 Å². The van der Waals surface area contributed by atoms with E-state index < -0.39 is 0 Å². The Morgan fingerprint density at radius 3 is 2.58 bits per heavy atom. The summed E-state index contributed by atoms with van der Waals surface area (Å²) in [4.78, 5) is 17.6. The number of hydrogen-bond donors (Lipinski definition) is 2. The SMILES string of the molecule is Cc1ccccc1-n1c(CSC(=N)N)nc2ccccc2c1=O.Cl. The maximum Gasteiger partial charge on any atom is 0.265 e. The molecule has 2 aromatic carbocycles. The van der Waals surface area contributed by atoms with Gasteiger partial charge in [-0.3, -0.25) is 14.8 Å². The lowest BCUT2D eigenvalue weighted by Gasteiger charge is -2.15. The minimum atomic E-state index is -0.107. The number of hydrogen-bond acceptors (Lipinski definition) is 4. The third-order valence-corrected chi connectivity index (χ3v) is 4.27. The molecule has 1 aromatic heterocycles. The Hall–Kier alpha value is -2.31. The van der Waals surface area contributed by atoms with Crippen molar-refractivity contribution < 1.29 is 0 Å². The first-order valence-electron chi connectivity index (χ1n) is 7.11. The quantitative estimate of drug-likeness (QED) is 0.554. The molecule has 5 nitrogen and oxygen atoms in total. The van der Waals surface area contributed by atoms with Crippen molar-refractivity contribution in [3.8, 4) is 5.69 Å². The number of fused-ring (bicyclic) bond motifs is 1. The van der Waals surface area contributed by atoms with E-state index in [0.29, 0.717) is 22.5 Å². The lowest BCUT2D eigenvalue weighted by molar-refractivity contribution is 0.878. The molecule has 0 aliphatic carbocycles. The summed E-state index contributed by atoms with van der Waals surface area (Å²) in [6, 6.07) is 15.0. The summed E-state index contributed by atoms with van der Waals surface area (Å²) in [6.07, 6.45) is 0. The molecule has 0 unspecified atom stereocenters. The maximum absolute atomic E-state index is 13.0. The van der Waals surface area contributed by atoms with Gasteiger partial charge in [0.1, 0.15) is 5.82 Å². The van der Waals surface area contributed by atoms with Gasteiger partial charge in [0.15, 0.2) is 5.17 Å². The van der Waals surface area contributed by atoms with Crippen LogP contribution in [0.5, 0.6) is 0 Å². The number of amidine groups is 1. The van der Waals surface area contributed by atoms with Gasteiger partial charge in [0.25, 0.3) is 5.56 Å². The molecule has 124 valence electrons. The third-order valence-electron chi connectivity index (χ3n) is 3.56. The molecule has 0 spiro atoms. The second-order valence-corrected chi connectivity index (χ2v) is 6.14. The number of rotatable bonds is 3. The van der Waals surface area contributed by atoms with Crippen LogP contribution in [0.25, 0.3) is 16.6 Å². The molecule has 0 aliphatic rings. The van der Waals surface area contributed by atoms with E-state index in [9.17, 15) is 4.79 Å². The molecule has 0 amide bonds. The minimum Gasteiger partial charge on any atom is -0.379 e. The van der Waals surface area contributed by atoms with E-state index >= 15 is 0 Å². The molecule has 0 saturated carbocycles. The van der Waals surface area contributed by atoms with Crippen molar-refractivity contribution in [2.24, 2.45) is 5.73 Å². The average molecular weight is 361 g/mol. The first kappa shape index (κ1) is 18.0. The third kappa shape index (κ3) is 3.44. The Morgan fingerprint density at radius 2 is 1.88 bits per heavy atom. The largest absolute Gasteiger partial charge is 0.379 e. The van der Waals surface area contributed by atoms with E-state index in [4.69, 9.17) is 11.1 Å². The second-order valence-electron chi connectivity index (χ2n) is 5.13. The van der Waals surface area contributed by atoms with Crippen LogP contribution in [-0.2, 0) is 5.75 Å². The fraction of sp³-hybridized carbons (Fsp3) is 0.118. The molecule has 24 heavy (non-hydrogen) atoms. The van der Waals surface area contributed by atoms with Crippen LogP contribution in [-0.4, -0.2) is 14.7 Å². The lowest BCUT2D eigenvalue weighted by atomic mass is 10.2. The number of aromatic nitrogens is 2. The topological polar surface area (TPSA) is 84.8 Å². The van der Waals surface area contributed by atoms with Crippen molar-refractivity contribution in [3.63, 3.8) is 0 Å². The molecule has 3 N–H and O–H groups in total. The van der Waals surface area contributed by atoms with Crippen LogP contribution in [0.15, 0.2) is 53.3 Å². The highest BCUT2D eigenvalue weighted by atomic mass is 35.5.